The Morgan fingerprint density at radius 3 is 3.05 bits per heavy atom. The second-order valence-corrected chi connectivity index (χ2v) is 5.09. The van der Waals surface area contributed by atoms with Gasteiger partial charge in [-0.3, -0.25) is 9.69 Å². The normalized spacial score (nSPS) is 19.0. The van der Waals surface area contributed by atoms with Crippen LogP contribution < -0.4 is 15.8 Å². The van der Waals surface area contributed by atoms with E-state index in [0.29, 0.717) is 29.6 Å². The number of anilines is 1. The van der Waals surface area contributed by atoms with Gasteiger partial charge in [0.05, 0.1) is 12.7 Å². The number of nitrogens with one attached hydrogen (secondary N) is 1. The summed E-state index contributed by atoms with van der Waals surface area (Å²) in [7, 11) is 1.57. The third-order valence-electron chi connectivity index (χ3n) is 3.91. The van der Waals surface area contributed by atoms with Gasteiger partial charge >= 0.3 is 0 Å². The van der Waals surface area contributed by atoms with Gasteiger partial charge < -0.3 is 15.8 Å². The second-order valence-electron chi connectivity index (χ2n) is 5.09. The average molecular weight is 277 g/mol. The largest absolute Gasteiger partial charge is 0.497 e. The maximum absolute atomic E-state index is 12.2. The zero-order valence-corrected chi connectivity index (χ0v) is 12.2. The minimum Gasteiger partial charge on any atom is -0.497 e. The van der Waals surface area contributed by atoms with Crippen molar-refractivity contribution < 1.29 is 9.53 Å². The Balaban J connectivity index is 1.98. The Kier molecular flexibility index (Phi) is 4.84. The molecule has 0 radical (unpaired) electrons. The van der Waals surface area contributed by atoms with Gasteiger partial charge in [-0.25, -0.2) is 0 Å². The predicted octanol–water partition coefficient (Wildman–Crippen LogP) is 1.49. The molecule has 5 heteroatoms. The molecule has 1 atom stereocenters. The summed E-state index contributed by atoms with van der Waals surface area (Å²) in [5.74, 6) is 0.504. The van der Waals surface area contributed by atoms with Crippen LogP contribution >= 0.6 is 0 Å². The van der Waals surface area contributed by atoms with Crippen LogP contribution in [0.3, 0.4) is 0 Å². The molecule has 1 aliphatic rings. The lowest BCUT2D eigenvalue weighted by Crippen LogP contribution is -2.40. The van der Waals surface area contributed by atoms with Crippen LogP contribution in [0.5, 0.6) is 5.75 Å². The topological polar surface area (TPSA) is 67.6 Å². The van der Waals surface area contributed by atoms with Gasteiger partial charge in [0.1, 0.15) is 5.75 Å². The summed E-state index contributed by atoms with van der Waals surface area (Å²) in [6.07, 6.45) is 2.34. The fourth-order valence-corrected chi connectivity index (χ4v) is 2.71. The molecule has 110 valence electrons. The molecule has 1 aromatic rings. The van der Waals surface area contributed by atoms with E-state index < -0.39 is 0 Å². The molecule has 1 saturated heterocycles. The molecule has 1 unspecified atom stereocenters. The van der Waals surface area contributed by atoms with Crippen LogP contribution in [0, 0.1) is 0 Å². The Morgan fingerprint density at radius 1 is 1.55 bits per heavy atom. The van der Waals surface area contributed by atoms with Crippen molar-refractivity contribution in [3.05, 3.63) is 23.8 Å². The van der Waals surface area contributed by atoms with Crippen LogP contribution in [-0.2, 0) is 0 Å². The molecule has 1 aromatic carbocycles. The maximum Gasteiger partial charge on any atom is 0.253 e. The highest BCUT2D eigenvalue weighted by Crippen LogP contribution is 2.20. The zero-order chi connectivity index (χ0) is 14.5. The van der Waals surface area contributed by atoms with Crippen LogP contribution in [-0.4, -0.2) is 43.6 Å². The van der Waals surface area contributed by atoms with Crippen molar-refractivity contribution in [1.82, 2.24) is 10.2 Å². The molecule has 3 N–H and O–H groups in total. The van der Waals surface area contributed by atoms with E-state index in [1.54, 1.807) is 25.3 Å². The van der Waals surface area contributed by atoms with Gasteiger partial charge in [-0.1, -0.05) is 6.92 Å². The second kappa shape index (κ2) is 6.61. The first-order valence-corrected chi connectivity index (χ1v) is 7.11. The number of nitrogen functional groups attached to an aromatic ring is 1. The summed E-state index contributed by atoms with van der Waals surface area (Å²) in [6.45, 7) is 4.98. The first-order chi connectivity index (χ1) is 9.65. The van der Waals surface area contributed by atoms with E-state index in [1.807, 2.05) is 0 Å². The number of carbonyl (C=O) groups excluding carboxylic acids is 1. The monoisotopic (exact) mass is 277 g/mol. The van der Waals surface area contributed by atoms with E-state index in [4.69, 9.17) is 10.5 Å². The van der Waals surface area contributed by atoms with E-state index in [0.717, 1.165) is 19.5 Å². The van der Waals surface area contributed by atoms with Gasteiger partial charge in [-0.2, -0.15) is 0 Å². The van der Waals surface area contributed by atoms with Gasteiger partial charge in [-0.15, -0.1) is 0 Å². The van der Waals surface area contributed by atoms with Crippen LogP contribution in [0.2, 0.25) is 0 Å². The van der Waals surface area contributed by atoms with Gasteiger partial charge in [0.15, 0.2) is 0 Å². The van der Waals surface area contributed by atoms with E-state index in [2.05, 4.69) is 17.1 Å². The smallest absolute Gasteiger partial charge is 0.253 e. The third kappa shape index (κ3) is 3.22. The minimum absolute atomic E-state index is 0.135. The molecule has 0 bridgehead atoms. The Hall–Kier alpha value is -1.75. The number of carbonyl (C=O) groups is 1. The Labute approximate surface area is 120 Å². The lowest BCUT2D eigenvalue weighted by Gasteiger charge is -2.23. The minimum atomic E-state index is -0.135. The van der Waals surface area contributed by atoms with Crippen molar-refractivity contribution in [3.63, 3.8) is 0 Å². The molecule has 5 nitrogen and oxygen atoms in total. The number of hydrogen-bond acceptors (Lipinski definition) is 4. The fourth-order valence-electron chi connectivity index (χ4n) is 2.71. The molecule has 0 spiro atoms. The number of benzene rings is 1. The van der Waals surface area contributed by atoms with Gasteiger partial charge in [0.25, 0.3) is 5.91 Å². The quantitative estimate of drug-likeness (QED) is 0.800. The molecular formula is C15H23N3O2. The number of likely N-dealkylation sites (N-methyl/N-ethyl adjacent to an activating group) is 1. The van der Waals surface area contributed by atoms with Gasteiger partial charge in [-0.05, 0) is 44.1 Å². The molecule has 2 rings (SSSR count). The first-order valence-electron chi connectivity index (χ1n) is 7.11. The molecule has 1 heterocycles. The fraction of sp³-hybridized carbons (Fsp3) is 0.533. The van der Waals surface area contributed by atoms with Crippen molar-refractivity contribution >= 4 is 11.6 Å². The number of nitrogens with zero attached hydrogens (tertiary/aromatic N) is 1. The molecule has 0 aromatic heterocycles. The number of methoxy groups -OCH3 is 1. The summed E-state index contributed by atoms with van der Waals surface area (Å²) >= 11 is 0. The van der Waals surface area contributed by atoms with Crippen molar-refractivity contribution in [2.45, 2.75) is 25.8 Å². The molecule has 1 fully saturated rings. The van der Waals surface area contributed by atoms with Gasteiger partial charge in [0.2, 0.25) is 0 Å². The van der Waals surface area contributed by atoms with Gasteiger partial charge in [0, 0.05) is 18.3 Å². The third-order valence-corrected chi connectivity index (χ3v) is 3.91. The standard InChI is InChI=1S/C15H23N3O2/c1-3-18-8-4-5-11(18)10-17-15(19)13-9-12(20-2)6-7-14(13)16/h6-7,9,11H,3-5,8,10,16H2,1-2H3,(H,17,19). The van der Waals surface area contributed by atoms with Crippen molar-refractivity contribution in [1.29, 1.82) is 0 Å². The average Bonchev–Trinajstić information content (AvgIpc) is 2.92. The lowest BCUT2D eigenvalue weighted by atomic mass is 10.1. The highest BCUT2D eigenvalue weighted by atomic mass is 16.5. The van der Waals surface area contributed by atoms with Crippen LogP contribution in [0.4, 0.5) is 5.69 Å². The van der Waals surface area contributed by atoms with E-state index in [-0.39, 0.29) is 5.91 Å². The Bertz CT molecular complexity index is 476. The first kappa shape index (κ1) is 14.7. The number of nitrogens with two attached hydrogens (primary N) is 1. The summed E-state index contributed by atoms with van der Waals surface area (Å²) < 4.78 is 5.13. The molecule has 1 aliphatic heterocycles. The number of hydrogen-bond donors (Lipinski definition) is 2. The van der Waals surface area contributed by atoms with Crippen molar-refractivity contribution in [2.75, 3.05) is 32.5 Å². The number of ether oxygens (including phenoxy) is 1. The molecular weight excluding hydrogens is 254 g/mol. The predicted molar refractivity (Wildman–Crippen MR) is 80.0 cm³/mol. The SMILES string of the molecule is CCN1CCCC1CNC(=O)c1cc(OC)ccc1N. The highest BCUT2D eigenvalue weighted by molar-refractivity contribution is 5.99. The summed E-state index contributed by atoms with van der Waals surface area (Å²) in [5, 5.41) is 2.98. The molecule has 0 saturated carbocycles. The highest BCUT2D eigenvalue weighted by Gasteiger charge is 2.23. The van der Waals surface area contributed by atoms with Crippen molar-refractivity contribution in [2.24, 2.45) is 0 Å². The summed E-state index contributed by atoms with van der Waals surface area (Å²) in [6, 6.07) is 5.57. The van der Waals surface area contributed by atoms with E-state index in [1.165, 1.54) is 6.42 Å². The van der Waals surface area contributed by atoms with Crippen molar-refractivity contribution in [3.8, 4) is 5.75 Å². The number of likely N-dealkylation sites (tertiary alicyclic amines) is 1. The van der Waals surface area contributed by atoms with E-state index in [9.17, 15) is 4.79 Å². The Morgan fingerprint density at radius 2 is 2.35 bits per heavy atom. The molecule has 1 amide bonds. The van der Waals surface area contributed by atoms with Crippen LogP contribution in [0.1, 0.15) is 30.1 Å². The summed E-state index contributed by atoms with van der Waals surface area (Å²) in [4.78, 5) is 14.6. The van der Waals surface area contributed by atoms with E-state index >= 15 is 0 Å². The summed E-state index contributed by atoms with van der Waals surface area (Å²) in [5.41, 5.74) is 6.81. The maximum atomic E-state index is 12.2. The molecule has 20 heavy (non-hydrogen) atoms. The zero-order valence-electron chi connectivity index (χ0n) is 12.2. The lowest BCUT2D eigenvalue weighted by molar-refractivity contribution is 0.0942. The molecule has 0 aliphatic carbocycles. The van der Waals surface area contributed by atoms with Crippen LogP contribution in [0.15, 0.2) is 18.2 Å². The number of amides is 1. The number of rotatable bonds is 5. The van der Waals surface area contributed by atoms with Crippen LogP contribution in [0.25, 0.3) is 0 Å².